The summed E-state index contributed by atoms with van der Waals surface area (Å²) < 4.78 is 7.61. The van der Waals surface area contributed by atoms with Crippen LogP contribution in [0, 0.1) is 6.92 Å². The highest BCUT2D eigenvalue weighted by molar-refractivity contribution is 5.37. The normalized spacial score (nSPS) is 17.3. The average Bonchev–Trinajstić information content (AvgIpc) is 2.96. The fourth-order valence-electron chi connectivity index (χ4n) is 3.38. The summed E-state index contributed by atoms with van der Waals surface area (Å²) in [6.07, 6.45) is 5.59. The molecule has 1 aliphatic rings. The standard InChI is InChI=1S/C18H25N3O/c1-4-21-17-7-5-6-16(15(17)12-20-21)19-11-14-10-13(2)8-9-18(14)22-3/h8-10,12,16,19H,4-7,11H2,1-3H3/t16-/m1/s1. The number of nitrogens with one attached hydrogen (secondary N) is 1. The third kappa shape index (κ3) is 2.88. The molecule has 1 heterocycles. The fourth-order valence-corrected chi connectivity index (χ4v) is 3.38. The second-order valence-electron chi connectivity index (χ2n) is 6.00. The van der Waals surface area contributed by atoms with Crippen molar-refractivity contribution < 1.29 is 4.74 Å². The summed E-state index contributed by atoms with van der Waals surface area (Å²) in [6, 6.07) is 6.74. The molecule has 0 saturated heterocycles. The van der Waals surface area contributed by atoms with E-state index in [1.54, 1.807) is 7.11 Å². The molecule has 0 bridgehead atoms. The first kappa shape index (κ1) is 15.1. The average molecular weight is 299 g/mol. The molecule has 1 aromatic heterocycles. The van der Waals surface area contributed by atoms with E-state index in [1.807, 2.05) is 12.3 Å². The van der Waals surface area contributed by atoms with Gasteiger partial charge in [0, 0.05) is 36.0 Å². The molecule has 22 heavy (non-hydrogen) atoms. The lowest BCUT2D eigenvalue weighted by Gasteiger charge is -2.24. The van der Waals surface area contributed by atoms with Crippen LogP contribution < -0.4 is 10.1 Å². The first-order valence-corrected chi connectivity index (χ1v) is 8.14. The largest absolute Gasteiger partial charge is 0.496 e. The predicted octanol–water partition coefficient (Wildman–Crippen LogP) is 3.39. The number of methoxy groups -OCH3 is 1. The van der Waals surface area contributed by atoms with Crippen molar-refractivity contribution in [1.82, 2.24) is 15.1 Å². The minimum atomic E-state index is 0.397. The number of ether oxygens (including phenoxy) is 1. The van der Waals surface area contributed by atoms with E-state index >= 15 is 0 Å². The van der Waals surface area contributed by atoms with Crippen LogP contribution in [0.5, 0.6) is 5.75 Å². The van der Waals surface area contributed by atoms with Crippen LogP contribution in [0.3, 0.4) is 0 Å². The van der Waals surface area contributed by atoms with Gasteiger partial charge < -0.3 is 10.1 Å². The van der Waals surface area contributed by atoms with Crippen LogP contribution in [0.2, 0.25) is 0 Å². The number of hydrogen-bond acceptors (Lipinski definition) is 3. The molecule has 0 radical (unpaired) electrons. The van der Waals surface area contributed by atoms with Gasteiger partial charge in [0.2, 0.25) is 0 Å². The topological polar surface area (TPSA) is 39.1 Å². The van der Waals surface area contributed by atoms with Crippen molar-refractivity contribution in [1.29, 1.82) is 0 Å². The molecule has 0 unspecified atom stereocenters. The van der Waals surface area contributed by atoms with E-state index in [0.29, 0.717) is 6.04 Å². The van der Waals surface area contributed by atoms with E-state index in [-0.39, 0.29) is 0 Å². The molecule has 1 aliphatic carbocycles. The fraction of sp³-hybridized carbons (Fsp3) is 0.500. The van der Waals surface area contributed by atoms with Gasteiger partial charge in [-0.25, -0.2) is 0 Å². The van der Waals surface area contributed by atoms with Crippen molar-refractivity contribution in [3.63, 3.8) is 0 Å². The summed E-state index contributed by atoms with van der Waals surface area (Å²) in [5.74, 6) is 0.957. The highest BCUT2D eigenvalue weighted by Crippen LogP contribution is 2.30. The van der Waals surface area contributed by atoms with E-state index in [9.17, 15) is 0 Å². The van der Waals surface area contributed by atoms with Crippen LogP contribution >= 0.6 is 0 Å². The van der Waals surface area contributed by atoms with Crippen LogP contribution in [-0.4, -0.2) is 16.9 Å². The van der Waals surface area contributed by atoms with Crippen LogP contribution in [0.1, 0.15) is 48.2 Å². The van der Waals surface area contributed by atoms with Crippen LogP contribution in [0.4, 0.5) is 0 Å². The zero-order valence-electron chi connectivity index (χ0n) is 13.7. The molecule has 1 N–H and O–H groups in total. The molecule has 0 saturated carbocycles. The first-order valence-electron chi connectivity index (χ1n) is 8.14. The molecule has 0 aliphatic heterocycles. The van der Waals surface area contributed by atoms with Crippen molar-refractivity contribution in [3.05, 3.63) is 46.8 Å². The van der Waals surface area contributed by atoms with E-state index < -0.39 is 0 Å². The van der Waals surface area contributed by atoms with Crippen LogP contribution in [0.25, 0.3) is 0 Å². The van der Waals surface area contributed by atoms with Gasteiger partial charge >= 0.3 is 0 Å². The van der Waals surface area contributed by atoms with Crippen molar-refractivity contribution in [2.75, 3.05) is 7.11 Å². The second kappa shape index (κ2) is 6.53. The van der Waals surface area contributed by atoms with Gasteiger partial charge in [0.15, 0.2) is 0 Å². The Bertz CT molecular complexity index is 648. The maximum atomic E-state index is 5.47. The molecule has 0 fully saturated rings. The Morgan fingerprint density at radius 1 is 1.41 bits per heavy atom. The van der Waals surface area contributed by atoms with Crippen molar-refractivity contribution in [3.8, 4) is 5.75 Å². The predicted molar refractivity (Wildman–Crippen MR) is 88.2 cm³/mol. The molecule has 0 amide bonds. The van der Waals surface area contributed by atoms with Gasteiger partial charge in [0.05, 0.1) is 13.3 Å². The molecule has 0 spiro atoms. The van der Waals surface area contributed by atoms with Gasteiger partial charge in [-0.15, -0.1) is 0 Å². The Kier molecular flexibility index (Phi) is 4.48. The summed E-state index contributed by atoms with van der Waals surface area (Å²) in [5.41, 5.74) is 5.26. The third-order valence-electron chi connectivity index (χ3n) is 4.54. The monoisotopic (exact) mass is 299 g/mol. The summed E-state index contributed by atoms with van der Waals surface area (Å²) in [7, 11) is 1.73. The maximum absolute atomic E-state index is 5.47. The molecule has 4 nitrogen and oxygen atoms in total. The molecule has 2 aromatic rings. The smallest absolute Gasteiger partial charge is 0.123 e. The molecule has 118 valence electrons. The number of aryl methyl sites for hydroxylation is 2. The summed E-state index contributed by atoms with van der Waals surface area (Å²) >= 11 is 0. The Hall–Kier alpha value is -1.81. The number of aromatic nitrogens is 2. The molecule has 4 heteroatoms. The number of fused-ring (bicyclic) bond motifs is 1. The van der Waals surface area contributed by atoms with Gasteiger partial charge in [-0.1, -0.05) is 17.7 Å². The van der Waals surface area contributed by atoms with E-state index in [1.165, 1.54) is 35.2 Å². The summed E-state index contributed by atoms with van der Waals surface area (Å²) in [5, 5.41) is 8.22. The van der Waals surface area contributed by atoms with Crippen molar-refractivity contribution in [2.45, 2.75) is 52.2 Å². The maximum Gasteiger partial charge on any atom is 0.123 e. The lowest BCUT2D eigenvalue weighted by molar-refractivity contribution is 0.400. The SMILES string of the molecule is CCn1ncc2c1CCC[C@H]2NCc1cc(C)ccc1OC. The highest BCUT2D eigenvalue weighted by Gasteiger charge is 2.23. The Morgan fingerprint density at radius 3 is 3.05 bits per heavy atom. The van der Waals surface area contributed by atoms with E-state index in [4.69, 9.17) is 4.74 Å². The second-order valence-corrected chi connectivity index (χ2v) is 6.00. The van der Waals surface area contributed by atoms with Gasteiger partial charge in [-0.2, -0.15) is 5.10 Å². The highest BCUT2D eigenvalue weighted by atomic mass is 16.5. The van der Waals surface area contributed by atoms with Gasteiger partial charge in [0.25, 0.3) is 0 Å². The molecular weight excluding hydrogens is 274 g/mol. The minimum absolute atomic E-state index is 0.397. The quantitative estimate of drug-likeness (QED) is 0.920. The molecule has 3 rings (SSSR count). The number of rotatable bonds is 5. The van der Waals surface area contributed by atoms with Gasteiger partial charge in [0.1, 0.15) is 5.75 Å². The number of hydrogen-bond donors (Lipinski definition) is 1. The van der Waals surface area contributed by atoms with Crippen molar-refractivity contribution >= 4 is 0 Å². The van der Waals surface area contributed by atoms with Crippen molar-refractivity contribution in [2.24, 2.45) is 0 Å². The summed E-state index contributed by atoms with van der Waals surface area (Å²) in [6.45, 7) is 6.05. The molecular formula is C18H25N3O. The third-order valence-corrected chi connectivity index (χ3v) is 4.54. The Labute approximate surface area is 132 Å². The number of nitrogens with zero attached hydrogens (tertiary/aromatic N) is 2. The molecule has 1 atom stereocenters. The van der Waals surface area contributed by atoms with Gasteiger partial charge in [-0.05, 0) is 39.2 Å². The van der Waals surface area contributed by atoms with E-state index in [2.05, 4.69) is 41.1 Å². The van der Waals surface area contributed by atoms with Crippen LogP contribution in [-0.2, 0) is 19.5 Å². The van der Waals surface area contributed by atoms with Gasteiger partial charge in [-0.3, -0.25) is 4.68 Å². The Morgan fingerprint density at radius 2 is 2.27 bits per heavy atom. The van der Waals surface area contributed by atoms with Crippen LogP contribution in [0.15, 0.2) is 24.4 Å². The first-order chi connectivity index (χ1) is 10.7. The number of benzene rings is 1. The molecule has 1 aromatic carbocycles. The summed E-state index contributed by atoms with van der Waals surface area (Å²) in [4.78, 5) is 0. The lowest BCUT2D eigenvalue weighted by Crippen LogP contribution is -2.25. The zero-order chi connectivity index (χ0) is 15.5. The zero-order valence-corrected chi connectivity index (χ0v) is 13.7. The Balaban J connectivity index is 1.76. The lowest BCUT2D eigenvalue weighted by atomic mass is 9.92. The minimum Gasteiger partial charge on any atom is -0.496 e. The van der Waals surface area contributed by atoms with E-state index in [0.717, 1.165) is 25.3 Å².